The maximum absolute atomic E-state index is 9.26. The lowest BCUT2D eigenvalue weighted by atomic mass is 10.0. The molecule has 0 saturated carbocycles. The number of hydrogen-bond donors (Lipinski definition) is 3. The van der Waals surface area contributed by atoms with E-state index in [1.54, 1.807) is 0 Å². The zero-order valence-electron chi connectivity index (χ0n) is 6.88. The number of methoxy groups -OCH3 is 1. The van der Waals surface area contributed by atoms with Gasteiger partial charge in [-0.05, 0) is 0 Å². The summed E-state index contributed by atoms with van der Waals surface area (Å²) in [5.41, 5.74) is 0. The molecule has 3 N–H and O–H groups in total. The summed E-state index contributed by atoms with van der Waals surface area (Å²) in [6.07, 6.45) is -2.88. The van der Waals surface area contributed by atoms with E-state index in [1.165, 1.54) is 7.11 Å². The van der Waals surface area contributed by atoms with E-state index in [1.807, 2.05) is 0 Å². The van der Waals surface area contributed by atoms with Gasteiger partial charge in [-0.15, -0.1) is 0 Å². The van der Waals surface area contributed by atoms with Crippen LogP contribution in [0.25, 0.3) is 0 Å². The van der Waals surface area contributed by atoms with Crippen molar-refractivity contribution in [3.8, 4) is 0 Å². The zero-order valence-corrected chi connectivity index (χ0v) is 6.88. The summed E-state index contributed by atoms with van der Waals surface area (Å²) in [6, 6.07) is 0. The minimum Gasteiger partial charge on any atom is -0.394 e. The standard InChI is InChI=1S/C7H14O5/c1-11-7-5(10)2-4(9)6(3-8)12-7/h4-10H,2-3H2,1H3/t4-,5+,6-,7-/m1/s1. The van der Waals surface area contributed by atoms with Crippen molar-refractivity contribution in [2.45, 2.75) is 31.0 Å². The summed E-state index contributed by atoms with van der Waals surface area (Å²) in [7, 11) is 1.40. The Kier molecular flexibility index (Phi) is 3.42. The number of aliphatic hydroxyl groups excluding tert-OH is 3. The lowest BCUT2D eigenvalue weighted by molar-refractivity contribution is -0.261. The predicted molar refractivity (Wildman–Crippen MR) is 39.4 cm³/mol. The maximum Gasteiger partial charge on any atom is 0.183 e. The molecule has 0 aromatic heterocycles. The average molecular weight is 178 g/mol. The molecular formula is C7H14O5. The molecule has 0 aliphatic carbocycles. The van der Waals surface area contributed by atoms with Crippen molar-refractivity contribution < 1.29 is 24.8 Å². The Labute approximate surface area is 70.5 Å². The summed E-state index contributed by atoms with van der Waals surface area (Å²) < 4.78 is 9.83. The predicted octanol–water partition coefficient (Wildman–Crippen LogP) is -1.54. The largest absolute Gasteiger partial charge is 0.394 e. The third-order valence-electron chi connectivity index (χ3n) is 1.95. The van der Waals surface area contributed by atoms with Gasteiger partial charge in [0.15, 0.2) is 6.29 Å². The van der Waals surface area contributed by atoms with Crippen molar-refractivity contribution in [3.05, 3.63) is 0 Å². The van der Waals surface area contributed by atoms with Gasteiger partial charge in [-0.3, -0.25) is 0 Å². The maximum atomic E-state index is 9.26. The first-order chi connectivity index (χ1) is 5.69. The van der Waals surface area contributed by atoms with Crippen LogP contribution >= 0.6 is 0 Å². The first-order valence-corrected chi connectivity index (χ1v) is 3.84. The Balaban J connectivity index is 2.50. The van der Waals surface area contributed by atoms with Gasteiger partial charge in [-0.2, -0.15) is 0 Å². The molecule has 5 heteroatoms. The molecule has 0 radical (unpaired) electrons. The smallest absolute Gasteiger partial charge is 0.183 e. The molecule has 0 amide bonds. The van der Waals surface area contributed by atoms with Gasteiger partial charge in [-0.1, -0.05) is 0 Å². The molecule has 0 aromatic carbocycles. The van der Waals surface area contributed by atoms with E-state index in [0.29, 0.717) is 0 Å². The first-order valence-electron chi connectivity index (χ1n) is 3.84. The summed E-state index contributed by atoms with van der Waals surface area (Å²) in [5.74, 6) is 0. The molecule has 72 valence electrons. The van der Waals surface area contributed by atoms with Gasteiger partial charge >= 0.3 is 0 Å². The molecule has 1 heterocycles. The number of hydrogen-bond acceptors (Lipinski definition) is 5. The first kappa shape index (κ1) is 9.88. The van der Waals surface area contributed by atoms with Crippen LogP contribution < -0.4 is 0 Å². The summed E-state index contributed by atoms with van der Waals surface area (Å²) >= 11 is 0. The molecule has 4 atom stereocenters. The van der Waals surface area contributed by atoms with E-state index in [-0.39, 0.29) is 13.0 Å². The second-order valence-electron chi connectivity index (χ2n) is 2.83. The quantitative estimate of drug-likeness (QED) is 0.477. The molecule has 0 spiro atoms. The van der Waals surface area contributed by atoms with Gasteiger partial charge < -0.3 is 24.8 Å². The molecule has 0 aromatic rings. The van der Waals surface area contributed by atoms with Gasteiger partial charge in [0.25, 0.3) is 0 Å². The monoisotopic (exact) mass is 178 g/mol. The van der Waals surface area contributed by atoms with E-state index in [0.717, 1.165) is 0 Å². The van der Waals surface area contributed by atoms with Crippen LogP contribution in [-0.2, 0) is 9.47 Å². The van der Waals surface area contributed by atoms with Crippen LogP contribution in [0.5, 0.6) is 0 Å². The van der Waals surface area contributed by atoms with Crippen molar-refractivity contribution in [1.82, 2.24) is 0 Å². The highest BCUT2D eigenvalue weighted by Gasteiger charge is 2.35. The highest BCUT2D eigenvalue weighted by molar-refractivity contribution is 4.80. The van der Waals surface area contributed by atoms with Crippen LogP contribution in [0.1, 0.15) is 6.42 Å². The second kappa shape index (κ2) is 4.15. The van der Waals surface area contributed by atoms with Gasteiger partial charge in [0.2, 0.25) is 0 Å². The Bertz CT molecular complexity index is 126. The molecule has 0 bridgehead atoms. The fourth-order valence-corrected chi connectivity index (χ4v) is 1.24. The lowest BCUT2D eigenvalue weighted by Crippen LogP contribution is -2.49. The fraction of sp³-hybridized carbons (Fsp3) is 1.00. The van der Waals surface area contributed by atoms with Gasteiger partial charge in [-0.25, -0.2) is 0 Å². The molecule has 1 aliphatic rings. The van der Waals surface area contributed by atoms with E-state index < -0.39 is 24.6 Å². The van der Waals surface area contributed by atoms with E-state index in [2.05, 4.69) is 0 Å². The number of rotatable bonds is 2. The minimum absolute atomic E-state index is 0.170. The molecule has 0 unspecified atom stereocenters. The molecule has 1 aliphatic heterocycles. The SMILES string of the molecule is CO[C@@H]1O[C@H](CO)[C@H](O)C[C@@H]1O. The summed E-state index contributed by atoms with van der Waals surface area (Å²) in [5, 5.41) is 27.3. The fourth-order valence-electron chi connectivity index (χ4n) is 1.24. The molecular weight excluding hydrogens is 164 g/mol. The third kappa shape index (κ3) is 1.94. The summed E-state index contributed by atoms with van der Waals surface area (Å²) in [4.78, 5) is 0. The number of aliphatic hydroxyl groups is 3. The number of ether oxygens (including phenoxy) is 2. The van der Waals surface area contributed by atoms with E-state index >= 15 is 0 Å². The summed E-state index contributed by atoms with van der Waals surface area (Å²) in [6.45, 7) is -0.270. The van der Waals surface area contributed by atoms with Crippen LogP contribution in [-0.4, -0.2) is 53.6 Å². The zero-order chi connectivity index (χ0) is 9.14. The van der Waals surface area contributed by atoms with Gasteiger partial charge in [0.05, 0.1) is 12.7 Å². The second-order valence-corrected chi connectivity index (χ2v) is 2.83. The lowest BCUT2D eigenvalue weighted by Gasteiger charge is -2.35. The van der Waals surface area contributed by atoms with Crippen LogP contribution in [0.3, 0.4) is 0 Å². The van der Waals surface area contributed by atoms with Crippen molar-refractivity contribution in [2.24, 2.45) is 0 Å². The minimum atomic E-state index is -0.826. The molecule has 1 fully saturated rings. The van der Waals surface area contributed by atoms with Crippen LogP contribution in [0.4, 0.5) is 0 Å². The Morgan fingerprint density at radius 2 is 2.08 bits per heavy atom. The van der Waals surface area contributed by atoms with Gasteiger partial charge in [0.1, 0.15) is 12.2 Å². The van der Waals surface area contributed by atoms with E-state index in [9.17, 15) is 10.2 Å². The van der Waals surface area contributed by atoms with Crippen molar-refractivity contribution in [2.75, 3.05) is 13.7 Å². The Morgan fingerprint density at radius 1 is 1.42 bits per heavy atom. The van der Waals surface area contributed by atoms with Crippen LogP contribution in [0.2, 0.25) is 0 Å². The molecule has 1 rings (SSSR count). The topological polar surface area (TPSA) is 79.2 Å². The highest BCUT2D eigenvalue weighted by Crippen LogP contribution is 2.20. The molecule has 5 nitrogen and oxygen atoms in total. The molecule has 12 heavy (non-hydrogen) atoms. The van der Waals surface area contributed by atoms with Crippen LogP contribution in [0, 0.1) is 0 Å². The Hall–Kier alpha value is -0.200. The normalized spacial score (nSPS) is 43.0. The van der Waals surface area contributed by atoms with Crippen molar-refractivity contribution in [1.29, 1.82) is 0 Å². The third-order valence-corrected chi connectivity index (χ3v) is 1.95. The van der Waals surface area contributed by atoms with Crippen LogP contribution in [0.15, 0.2) is 0 Å². The van der Waals surface area contributed by atoms with Gasteiger partial charge in [0, 0.05) is 13.5 Å². The van der Waals surface area contributed by atoms with E-state index in [4.69, 9.17) is 14.6 Å². The Morgan fingerprint density at radius 3 is 2.58 bits per heavy atom. The molecule has 1 saturated heterocycles. The van der Waals surface area contributed by atoms with Crippen molar-refractivity contribution >= 4 is 0 Å². The average Bonchev–Trinajstić information content (AvgIpc) is 2.05. The highest BCUT2D eigenvalue weighted by atomic mass is 16.7. The van der Waals surface area contributed by atoms with Crippen molar-refractivity contribution in [3.63, 3.8) is 0 Å².